The van der Waals surface area contributed by atoms with Gasteiger partial charge in [0.15, 0.2) is 0 Å². The van der Waals surface area contributed by atoms with Crippen LogP contribution >= 0.6 is 0 Å². The molecular formula is C13H17NO4. The van der Waals surface area contributed by atoms with Crippen LogP contribution in [0.15, 0.2) is 23.5 Å². The number of allylic oxidation sites excluding steroid dienone is 1. The first-order chi connectivity index (χ1) is 8.69. The molecule has 5 nitrogen and oxygen atoms in total. The van der Waals surface area contributed by atoms with E-state index in [2.05, 4.69) is 0 Å². The number of ether oxygens (including phenoxy) is 2. The van der Waals surface area contributed by atoms with Crippen LogP contribution in [0, 0.1) is 0 Å². The molecule has 2 aliphatic rings. The summed E-state index contributed by atoms with van der Waals surface area (Å²) >= 11 is 0. The zero-order valence-corrected chi connectivity index (χ0v) is 10.6. The standard InChI is InChI=1S/C13H17NO4/c1-17-12(15)10-5-3-4-8-14(9-6-7-9)11(10)13(16)18-2/h4,8-9H,3,5-7H2,1-2H3. The predicted octanol–water partition coefficient (Wildman–Crippen LogP) is 1.36. The summed E-state index contributed by atoms with van der Waals surface area (Å²) in [7, 11) is 2.65. The largest absolute Gasteiger partial charge is 0.466 e. The first-order valence-electron chi connectivity index (χ1n) is 6.03. The van der Waals surface area contributed by atoms with Crippen molar-refractivity contribution in [2.24, 2.45) is 0 Å². The van der Waals surface area contributed by atoms with E-state index in [0.717, 1.165) is 12.8 Å². The Hall–Kier alpha value is -1.78. The molecule has 1 heterocycles. The number of esters is 2. The van der Waals surface area contributed by atoms with E-state index >= 15 is 0 Å². The van der Waals surface area contributed by atoms with Gasteiger partial charge in [-0.15, -0.1) is 0 Å². The zero-order valence-electron chi connectivity index (χ0n) is 10.6. The van der Waals surface area contributed by atoms with E-state index in [1.54, 1.807) is 0 Å². The van der Waals surface area contributed by atoms with Crippen LogP contribution in [0.2, 0.25) is 0 Å². The van der Waals surface area contributed by atoms with Crippen LogP contribution in [0.1, 0.15) is 25.7 Å². The van der Waals surface area contributed by atoms with E-state index in [4.69, 9.17) is 9.47 Å². The van der Waals surface area contributed by atoms with E-state index in [-0.39, 0.29) is 0 Å². The van der Waals surface area contributed by atoms with Crippen molar-refractivity contribution in [1.82, 2.24) is 4.90 Å². The summed E-state index contributed by atoms with van der Waals surface area (Å²) in [5, 5.41) is 0. The molecule has 1 aliphatic heterocycles. The molecule has 2 rings (SSSR count). The van der Waals surface area contributed by atoms with E-state index in [9.17, 15) is 9.59 Å². The highest BCUT2D eigenvalue weighted by atomic mass is 16.5. The zero-order chi connectivity index (χ0) is 13.1. The van der Waals surface area contributed by atoms with Gasteiger partial charge in [-0.2, -0.15) is 0 Å². The Kier molecular flexibility index (Phi) is 3.69. The van der Waals surface area contributed by atoms with E-state index < -0.39 is 11.9 Å². The van der Waals surface area contributed by atoms with Crippen molar-refractivity contribution in [2.45, 2.75) is 31.7 Å². The van der Waals surface area contributed by atoms with Crippen molar-refractivity contribution >= 4 is 11.9 Å². The molecule has 0 atom stereocenters. The third-order valence-corrected chi connectivity index (χ3v) is 3.12. The van der Waals surface area contributed by atoms with Crippen molar-refractivity contribution in [2.75, 3.05) is 14.2 Å². The Morgan fingerprint density at radius 3 is 2.44 bits per heavy atom. The number of rotatable bonds is 3. The molecular weight excluding hydrogens is 234 g/mol. The summed E-state index contributed by atoms with van der Waals surface area (Å²) in [6.07, 6.45) is 7.11. The van der Waals surface area contributed by atoms with Gasteiger partial charge in [0, 0.05) is 12.2 Å². The van der Waals surface area contributed by atoms with Crippen molar-refractivity contribution < 1.29 is 19.1 Å². The molecule has 1 aliphatic carbocycles. The first kappa shape index (κ1) is 12.7. The molecule has 0 radical (unpaired) electrons. The van der Waals surface area contributed by atoms with Crippen molar-refractivity contribution in [3.63, 3.8) is 0 Å². The minimum Gasteiger partial charge on any atom is -0.466 e. The number of hydrogen-bond donors (Lipinski definition) is 0. The fourth-order valence-electron chi connectivity index (χ4n) is 2.07. The first-order valence-corrected chi connectivity index (χ1v) is 6.03. The van der Waals surface area contributed by atoms with Gasteiger partial charge in [0.1, 0.15) is 5.70 Å². The second kappa shape index (κ2) is 5.25. The Balaban J connectivity index is 2.43. The highest BCUT2D eigenvalue weighted by Crippen LogP contribution is 2.34. The predicted molar refractivity (Wildman–Crippen MR) is 64.3 cm³/mol. The van der Waals surface area contributed by atoms with Crippen molar-refractivity contribution in [1.29, 1.82) is 0 Å². The van der Waals surface area contributed by atoms with Crippen LogP contribution in [0.25, 0.3) is 0 Å². The van der Waals surface area contributed by atoms with Crippen LogP contribution in [-0.2, 0) is 19.1 Å². The third kappa shape index (κ3) is 2.39. The lowest BCUT2D eigenvalue weighted by molar-refractivity contribution is -0.140. The van der Waals surface area contributed by atoms with E-state index in [0.29, 0.717) is 30.2 Å². The molecule has 18 heavy (non-hydrogen) atoms. The minimum atomic E-state index is -0.478. The number of hydrogen-bond acceptors (Lipinski definition) is 5. The average Bonchev–Trinajstić information content (AvgIpc) is 3.21. The molecule has 0 aromatic heterocycles. The maximum Gasteiger partial charge on any atom is 0.355 e. The molecule has 1 fully saturated rings. The smallest absolute Gasteiger partial charge is 0.355 e. The van der Waals surface area contributed by atoms with Gasteiger partial charge in [-0.25, -0.2) is 9.59 Å². The van der Waals surface area contributed by atoms with Gasteiger partial charge < -0.3 is 14.4 Å². The van der Waals surface area contributed by atoms with Crippen LogP contribution in [0.5, 0.6) is 0 Å². The molecule has 5 heteroatoms. The van der Waals surface area contributed by atoms with Crippen LogP contribution in [0.3, 0.4) is 0 Å². The summed E-state index contributed by atoms with van der Waals surface area (Å²) in [6.45, 7) is 0. The highest BCUT2D eigenvalue weighted by Gasteiger charge is 2.36. The summed E-state index contributed by atoms with van der Waals surface area (Å²) in [6, 6.07) is 0.299. The molecule has 0 unspecified atom stereocenters. The Morgan fingerprint density at radius 1 is 1.22 bits per heavy atom. The quantitative estimate of drug-likeness (QED) is 0.709. The molecule has 0 saturated heterocycles. The fourth-order valence-corrected chi connectivity index (χ4v) is 2.07. The van der Waals surface area contributed by atoms with Crippen LogP contribution in [0.4, 0.5) is 0 Å². The van der Waals surface area contributed by atoms with Gasteiger partial charge in [0.05, 0.1) is 19.8 Å². The number of nitrogens with zero attached hydrogens (tertiary/aromatic N) is 1. The maximum atomic E-state index is 11.9. The molecule has 98 valence electrons. The minimum absolute atomic E-state index is 0.299. The molecule has 0 aromatic carbocycles. The van der Waals surface area contributed by atoms with Crippen molar-refractivity contribution in [3.05, 3.63) is 23.5 Å². The third-order valence-electron chi connectivity index (χ3n) is 3.12. The second-order valence-electron chi connectivity index (χ2n) is 4.37. The van der Waals surface area contributed by atoms with E-state index in [1.165, 1.54) is 14.2 Å². The number of carbonyl (C=O) groups excluding carboxylic acids is 2. The average molecular weight is 251 g/mol. The van der Waals surface area contributed by atoms with Gasteiger partial charge >= 0.3 is 11.9 Å². The Morgan fingerprint density at radius 2 is 1.89 bits per heavy atom. The lowest BCUT2D eigenvalue weighted by Gasteiger charge is -2.22. The summed E-state index contributed by atoms with van der Waals surface area (Å²) in [5.41, 5.74) is 0.738. The molecule has 0 aromatic rings. The molecule has 0 bridgehead atoms. The van der Waals surface area contributed by atoms with Gasteiger partial charge in [0.2, 0.25) is 0 Å². The monoisotopic (exact) mass is 251 g/mol. The maximum absolute atomic E-state index is 11.9. The lowest BCUT2D eigenvalue weighted by Crippen LogP contribution is -2.28. The molecule has 1 saturated carbocycles. The molecule has 0 amide bonds. The molecule has 0 spiro atoms. The number of methoxy groups -OCH3 is 2. The molecule has 0 N–H and O–H groups in total. The normalized spacial score (nSPS) is 19.6. The summed E-state index contributed by atoms with van der Waals surface area (Å²) in [5.74, 6) is -0.932. The van der Waals surface area contributed by atoms with Crippen LogP contribution < -0.4 is 0 Å². The summed E-state index contributed by atoms with van der Waals surface area (Å²) in [4.78, 5) is 25.6. The Labute approximate surface area is 106 Å². The SMILES string of the molecule is COC(=O)C1=C(C(=O)OC)N(C2CC2)C=CCC1. The highest BCUT2D eigenvalue weighted by molar-refractivity contribution is 6.00. The van der Waals surface area contributed by atoms with Gasteiger partial charge in [-0.3, -0.25) is 0 Å². The van der Waals surface area contributed by atoms with Crippen LogP contribution in [-0.4, -0.2) is 37.1 Å². The second-order valence-corrected chi connectivity index (χ2v) is 4.37. The fraction of sp³-hybridized carbons (Fsp3) is 0.538. The topological polar surface area (TPSA) is 55.8 Å². The number of carbonyl (C=O) groups is 2. The van der Waals surface area contributed by atoms with Crippen molar-refractivity contribution in [3.8, 4) is 0 Å². The lowest BCUT2D eigenvalue weighted by atomic mass is 10.1. The van der Waals surface area contributed by atoms with Gasteiger partial charge in [-0.1, -0.05) is 6.08 Å². The van der Waals surface area contributed by atoms with Gasteiger partial charge in [-0.05, 0) is 25.7 Å². The van der Waals surface area contributed by atoms with Gasteiger partial charge in [0.25, 0.3) is 0 Å². The summed E-state index contributed by atoms with van der Waals surface area (Å²) < 4.78 is 9.56. The van der Waals surface area contributed by atoms with E-state index in [1.807, 2.05) is 17.2 Å². The Bertz CT molecular complexity index is 421.